The van der Waals surface area contributed by atoms with Crippen LogP contribution in [-0.2, 0) is 13.1 Å². The van der Waals surface area contributed by atoms with E-state index in [4.69, 9.17) is 9.94 Å². The predicted molar refractivity (Wildman–Crippen MR) is 128 cm³/mol. The van der Waals surface area contributed by atoms with Crippen molar-refractivity contribution in [3.63, 3.8) is 0 Å². The molecule has 30 heavy (non-hydrogen) atoms. The second-order valence-electron chi connectivity index (χ2n) is 7.18. The lowest BCUT2D eigenvalue weighted by atomic mass is 10.1. The number of benzene rings is 2. The van der Waals surface area contributed by atoms with E-state index in [0.717, 1.165) is 47.1 Å². The molecular weight excluding hydrogens is 493 g/mol. The number of hydrogen-bond acceptors (Lipinski definition) is 4. The molecule has 0 aliphatic carbocycles. The van der Waals surface area contributed by atoms with Crippen LogP contribution in [0.1, 0.15) is 29.3 Å². The van der Waals surface area contributed by atoms with Gasteiger partial charge in [0.2, 0.25) is 0 Å². The highest BCUT2D eigenvalue weighted by Gasteiger charge is 2.09. The van der Waals surface area contributed by atoms with Crippen molar-refractivity contribution in [1.82, 2.24) is 14.9 Å². The van der Waals surface area contributed by atoms with Gasteiger partial charge < -0.3 is 9.30 Å². The Balaban J connectivity index is 1.62. The Morgan fingerprint density at radius 3 is 2.83 bits per heavy atom. The molecule has 1 aromatic heterocycles. The van der Waals surface area contributed by atoms with Gasteiger partial charge in [-0.25, -0.2) is 5.48 Å². The zero-order valence-corrected chi connectivity index (χ0v) is 19.3. The number of hydrogen-bond donors (Lipinski definition) is 2. The molecule has 0 aliphatic heterocycles. The maximum Gasteiger partial charge on any atom is 0.274 e. The third kappa shape index (κ3) is 5.96. The van der Waals surface area contributed by atoms with Crippen LogP contribution in [0.4, 0.5) is 0 Å². The Morgan fingerprint density at radius 1 is 1.20 bits per heavy atom. The van der Waals surface area contributed by atoms with Gasteiger partial charge in [-0.15, -0.1) is 0 Å². The van der Waals surface area contributed by atoms with Crippen LogP contribution >= 0.6 is 22.6 Å². The van der Waals surface area contributed by atoms with Gasteiger partial charge in [-0.3, -0.25) is 14.9 Å². The molecule has 0 bridgehead atoms. The summed E-state index contributed by atoms with van der Waals surface area (Å²) >= 11 is 2.43. The number of hydroxylamine groups is 1. The SMILES string of the molecule is CCCN(CCI)Cc1cccc(OCCn2ccc3ccc(C(=O)NO)cc32)c1. The van der Waals surface area contributed by atoms with Crippen molar-refractivity contribution in [2.45, 2.75) is 26.4 Å². The summed E-state index contributed by atoms with van der Waals surface area (Å²) in [6, 6.07) is 15.7. The zero-order valence-electron chi connectivity index (χ0n) is 17.2. The van der Waals surface area contributed by atoms with E-state index in [1.807, 2.05) is 30.5 Å². The fourth-order valence-electron chi connectivity index (χ4n) is 3.54. The molecule has 2 N–H and O–H groups in total. The number of aromatic nitrogens is 1. The number of nitrogens with zero attached hydrogens (tertiary/aromatic N) is 2. The third-order valence-corrected chi connectivity index (χ3v) is 5.47. The minimum atomic E-state index is -0.516. The van der Waals surface area contributed by atoms with Crippen LogP contribution in [0.2, 0.25) is 0 Å². The van der Waals surface area contributed by atoms with Gasteiger partial charge in [0.15, 0.2) is 0 Å². The van der Waals surface area contributed by atoms with E-state index < -0.39 is 5.91 Å². The van der Waals surface area contributed by atoms with Gasteiger partial charge in [-0.05, 0) is 54.2 Å². The van der Waals surface area contributed by atoms with Crippen molar-refractivity contribution in [2.24, 2.45) is 0 Å². The number of carbonyl (C=O) groups excluding carboxylic acids is 1. The summed E-state index contributed by atoms with van der Waals surface area (Å²) in [5.74, 6) is 0.354. The summed E-state index contributed by atoms with van der Waals surface area (Å²) in [5, 5.41) is 9.89. The monoisotopic (exact) mass is 521 g/mol. The van der Waals surface area contributed by atoms with E-state index >= 15 is 0 Å². The minimum absolute atomic E-state index is 0.418. The largest absolute Gasteiger partial charge is 0.492 e. The zero-order chi connectivity index (χ0) is 21.3. The maximum absolute atomic E-state index is 11.7. The number of halogens is 1. The molecule has 3 aromatic rings. The number of fused-ring (bicyclic) bond motifs is 1. The van der Waals surface area contributed by atoms with Crippen LogP contribution in [-0.4, -0.2) is 44.7 Å². The number of ether oxygens (including phenoxy) is 1. The Labute approximate surface area is 190 Å². The number of alkyl halides is 1. The van der Waals surface area contributed by atoms with E-state index in [1.54, 1.807) is 17.6 Å². The fraction of sp³-hybridized carbons (Fsp3) is 0.348. The average molecular weight is 521 g/mol. The summed E-state index contributed by atoms with van der Waals surface area (Å²) in [7, 11) is 0. The lowest BCUT2D eigenvalue weighted by molar-refractivity contribution is 0.0706. The van der Waals surface area contributed by atoms with Crippen molar-refractivity contribution in [3.05, 3.63) is 65.9 Å². The summed E-state index contributed by atoms with van der Waals surface area (Å²) in [6.45, 7) is 6.53. The van der Waals surface area contributed by atoms with Gasteiger partial charge in [0.25, 0.3) is 5.91 Å². The third-order valence-electron chi connectivity index (χ3n) is 4.98. The lowest BCUT2D eigenvalue weighted by Gasteiger charge is -2.21. The van der Waals surface area contributed by atoms with Crippen LogP contribution in [0.3, 0.4) is 0 Å². The quantitative estimate of drug-likeness (QED) is 0.169. The Hall–Kier alpha value is -2.10. The molecule has 1 amide bonds. The van der Waals surface area contributed by atoms with E-state index in [9.17, 15) is 4.79 Å². The molecule has 0 saturated heterocycles. The van der Waals surface area contributed by atoms with Crippen LogP contribution in [0.15, 0.2) is 54.7 Å². The highest BCUT2D eigenvalue weighted by atomic mass is 127. The minimum Gasteiger partial charge on any atom is -0.492 e. The van der Waals surface area contributed by atoms with Gasteiger partial charge in [0.05, 0.1) is 6.54 Å². The summed E-state index contributed by atoms with van der Waals surface area (Å²) in [4.78, 5) is 14.2. The van der Waals surface area contributed by atoms with E-state index in [-0.39, 0.29) is 0 Å². The average Bonchev–Trinajstić information content (AvgIpc) is 3.16. The molecule has 0 unspecified atom stereocenters. The van der Waals surface area contributed by atoms with Crippen molar-refractivity contribution >= 4 is 39.4 Å². The first-order valence-corrected chi connectivity index (χ1v) is 11.7. The molecule has 6 nitrogen and oxygen atoms in total. The molecule has 7 heteroatoms. The molecule has 0 saturated carbocycles. The molecule has 0 spiro atoms. The van der Waals surface area contributed by atoms with Gasteiger partial charge in [0.1, 0.15) is 12.4 Å². The van der Waals surface area contributed by atoms with Crippen molar-refractivity contribution in [1.29, 1.82) is 0 Å². The lowest BCUT2D eigenvalue weighted by Crippen LogP contribution is -2.26. The summed E-state index contributed by atoms with van der Waals surface area (Å²) < 4.78 is 9.19. The summed E-state index contributed by atoms with van der Waals surface area (Å²) in [6.07, 6.45) is 3.14. The van der Waals surface area contributed by atoms with Crippen molar-refractivity contribution in [3.8, 4) is 5.75 Å². The second-order valence-corrected chi connectivity index (χ2v) is 8.26. The standard InChI is InChI=1S/C23H28IN3O3/c1-2-10-26(12-9-24)17-18-4-3-5-21(15-18)30-14-13-27-11-8-19-6-7-20(16-22(19)27)23(28)25-29/h3-8,11,15-16,29H,2,9-10,12-14,17H2,1H3,(H,25,28). The van der Waals surface area contributed by atoms with E-state index in [2.05, 4.69) is 51.1 Å². The van der Waals surface area contributed by atoms with Gasteiger partial charge >= 0.3 is 0 Å². The number of rotatable bonds is 11. The van der Waals surface area contributed by atoms with Gasteiger partial charge in [0, 0.05) is 34.8 Å². The molecule has 0 fully saturated rings. The fourth-order valence-corrected chi connectivity index (χ4v) is 4.23. The van der Waals surface area contributed by atoms with Crippen LogP contribution in [0, 0.1) is 0 Å². The highest BCUT2D eigenvalue weighted by Crippen LogP contribution is 2.19. The maximum atomic E-state index is 11.7. The smallest absolute Gasteiger partial charge is 0.274 e. The number of carbonyl (C=O) groups is 1. The normalized spacial score (nSPS) is 11.2. The van der Waals surface area contributed by atoms with Crippen LogP contribution < -0.4 is 10.2 Å². The Kier molecular flexibility index (Phi) is 8.53. The van der Waals surface area contributed by atoms with Gasteiger partial charge in [-0.2, -0.15) is 0 Å². The van der Waals surface area contributed by atoms with Crippen molar-refractivity contribution < 1.29 is 14.7 Å². The molecule has 0 aliphatic rings. The molecule has 0 radical (unpaired) electrons. The molecule has 3 rings (SSSR count). The second kappa shape index (κ2) is 11.3. The highest BCUT2D eigenvalue weighted by molar-refractivity contribution is 14.1. The number of amides is 1. The molecular formula is C23H28IN3O3. The van der Waals surface area contributed by atoms with Crippen molar-refractivity contribution in [2.75, 3.05) is 24.1 Å². The Bertz CT molecular complexity index is 967. The first-order valence-electron chi connectivity index (χ1n) is 10.2. The molecule has 160 valence electrons. The Morgan fingerprint density at radius 2 is 2.07 bits per heavy atom. The molecule has 1 heterocycles. The first-order chi connectivity index (χ1) is 14.6. The van der Waals surface area contributed by atoms with Crippen LogP contribution in [0.25, 0.3) is 10.9 Å². The van der Waals surface area contributed by atoms with Gasteiger partial charge in [-0.1, -0.05) is 47.7 Å². The topological polar surface area (TPSA) is 66.7 Å². The molecule has 0 atom stereocenters. The summed E-state index contributed by atoms with van der Waals surface area (Å²) in [5.41, 5.74) is 4.29. The van der Waals surface area contributed by atoms with Crippen LogP contribution in [0.5, 0.6) is 5.75 Å². The first kappa shape index (κ1) is 22.6. The number of nitrogens with one attached hydrogen (secondary N) is 1. The van der Waals surface area contributed by atoms with E-state index in [0.29, 0.717) is 18.7 Å². The van der Waals surface area contributed by atoms with E-state index in [1.165, 1.54) is 5.56 Å². The predicted octanol–water partition coefficient (Wildman–Crippen LogP) is 4.49. The molecule has 2 aromatic carbocycles.